The first-order chi connectivity index (χ1) is 3.31. The van der Waals surface area contributed by atoms with Gasteiger partial charge in [0.15, 0.2) is 0 Å². The van der Waals surface area contributed by atoms with Gasteiger partial charge in [-0.25, -0.2) is 5.11 Å². The summed E-state index contributed by atoms with van der Waals surface area (Å²) in [6.45, 7) is 1.62. The lowest BCUT2D eigenvalue weighted by atomic mass is 10.1. The summed E-state index contributed by atoms with van der Waals surface area (Å²) in [6, 6.07) is 1.97. The van der Waals surface area contributed by atoms with E-state index in [4.69, 9.17) is 5.26 Å². The zero-order valence-electron chi connectivity index (χ0n) is 4.35. The summed E-state index contributed by atoms with van der Waals surface area (Å²) in [7, 11) is 0. The number of nitrogens with zero attached hydrogens (tertiary/aromatic N) is 1. The van der Waals surface area contributed by atoms with E-state index >= 15 is 0 Å². The number of hydrogen-bond donors (Lipinski definition) is 0. The Morgan fingerprint density at radius 2 is 2.43 bits per heavy atom. The van der Waals surface area contributed by atoms with E-state index in [1.165, 1.54) is 0 Å². The lowest BCUT2D eigenvalue weighted by Gasteiger charge is -1.90. The van der Waals surface area contributed by atoms with Crippen LogP contribution >= 0.6 is 0 Å². The van der Waals surface area contributed by atoms with Crippen LogP contribution in [0.4, 0.5) is 0 Å². The van der Waals surface area contributed by atoms with E-state index in [0.29, 0.717) is 6.42 Å². The molecule has 2 nitrogen and oxygen atoms in total. The minimum atomic E-state index is -0.130. The molecule has 0 fully saturated rings. The van der Waals surface area contributed by atoms with Crippen molar-refractivity contribution in [2.45, 2.75) is 13.3 Å². The highest BCUT2D eigenvalue weighted by Gasteiger charge is 1.94. The van der Waals surface area contributed by atoms with Crippen LogP contribution in [0.1, 0.15) is 13.3 Å². The highest BCUT2D eigenvalue weighted by atomic mass is 16.2. The maximum Gasteiger partial charge on any atom is 0.0834 e. The Kier molecular flexibility index (Phi) is 3.35. The largest absolute Gasteiger partial charge is 0.237 e. The molecule has 2 heteroatoms. The molecule has 0 heterocycles. The lowest BCUT2D eigenvalue weighted by molar-refractivity contribution is 0.181. The Balaban J connectivity index is 3.04. The molecule has 0 aromatic heterocycles. The van der Waals surface area contributed by atoms with Crippen LogP contribution in [-0.4, -0.2) is 6.61 Å². The molecular weight excluding hydrogens is 90.1 g/mol. The smallest absolute Gasteiger partial charge is 0.0834 e. The fourth-order valence-corrected chi connectivity index (χ4v) is 0.241. The number of nitriles is 1. The predicted molar refractivity (Wildman–Crippen MR) is 24.9 cm³/mol. The first kappa shape index (κ1) is 6.45. The molecule has 0 rings (SSSR count). The summed E-state index contributed by atoms with van der Waals surface area (Å²) in [5.41, 5.74) is 0. The van der Waals surface area contributed by atoms with Gasteiger partial charge in [0, 0.05) is 5.92 Å². The van der Waals surface area contributed by atoms with Crippen LogP contribution in [0.2, 0.25) is 0 Å². The van der Waals surface area contributed by atoms with Gasteiger partial charge in [-0.05, 0) is 13.3 Å². The molecule has 0 aliphatic rings. The second-order valence-corrected chi connectivity index (χ2v) is 1.52. The van der Waals surface area contributed by atoms with Gasteiger partial charge in [-0.1, -0.05) is 0 Å². The third-order valence-electron chi connectivity index (χ3n) is 0.771. The SMILES string of the molecule is CC(C#N)CC[O]. The fraction of sp³-hybridized carbons (Fsp3) is 0.800. The Labute approximate surface area is 43.4 Å². The van der Waals surface area contributed by atoms with Crippen molar-refractivity contribution in [3.05, 3.63) is 0 Å². The van der Waals surface area contributed by atoms with Crippen LogP contribution in [0.3, 0.4) is 0 Å². The lowest BCUT2D eigenvalue weighted by Crippen LogP contribution is -1.91. The van der Waals surface area contributed by atoms with Crippen molar-refractivity contribution in [1.29, 1.82) is 5.26 Å². The normalized spacial score (nSPS) is 12.7. The number of rotatable bonds is 2. The van der Waals surface area contributed by atoms with E-state index in [-0.39, 0.29) is 12.5 Å². The van der Waals surface area contributed by atoms with E-state index < -0.39 is 0 Å². The molecule has 1 atom stereocenters. The van der Waals surface area contributed by atoms with Crippen molar-refractivity contribution in [2.75, 3.05) is 6.61 Å². The van der Waals surface area contributed by atoms with Crippen LogP contribution in [0.15, 0.2) is 0 Å². The maximum atomic E-state index is 9.75. The molecule has 0 aliphatic heterocycles. The van der Waals surface area contributed by atoms with Gasteiger partial charge in [-0.3, -0.25) is 0 Å². The van der Waals surface area contributed by atoms with E-state index in [9.17, 15) is 5.11 Å². The first-order valence-corrected chi connectivity index (χ1v) is 2.29. The van der Waals surface area contributed by atoms with Gasteiger partial charge >= 0.3 is 0 Å². The monoisotopic (exact) mass is 98.1 g/mol. The topological polar surface area (TPSA) is 43.7 Å². The quantitative estimate of drug-likeness (QED) is 0.507. The molecule has 0 saturated carbocycles. The molecule has 39 valence electrons. The molecule has 0 N–H and O–H groups in total. The molecule has 1 unspecified atom stereocenters. The van der Waals surface area contributed by atoms with Crippen molar-refractivity contribution >= 4 is 0 Å². The Morgan fingerprint density at radius 3 is 2.57 bits per heavy atom. The molecule has 0 aromatic rings. The van der Waals surface area contributed by atoms with Crippen molar-refractivity contribution in [2.24, 2.45) is 5.92 Å². The van der Waals surface area contributed by atoms with Crippen molar-refractivity contribution in [3.63, 3.8) is 0 Å². The summed E-state index contributed by atoms with van der Waals surface area (Å²) in [5.74, 6) is -0.0579. The summed E-state index contributed by atoms with van der Waals surface area (Å²) >= 11 is 0. The highest BCUT2D eigenvalue weighted by molar-refractivity contribution is 4.77. The molecule has 1 radical (unpaired) electrons. The van der Waals surface area contributed by atoms with E-state index in [2.05, 4.69) is 0 Å². The van der Waals surface area contributed by atoms with Gasteiger partial charge in [-0.15, -0.1) is 0 Å². The van der Waals surface area contributed by atoms with Crippen molar-refractivity contribution < 1.29 is 5.11 Å². The zero-order valence-corrected chi connectivity index (χ0v) is 4.35. The second kappa shape index (κ2) is 3.63. The number of hydrogen-bond acceptors (Lipinski definition) is 1. The molecule has 0 aromatic carbocycles. The van der Waals surface area contributed by atoms with Crippen LogP contribution in [0.25, 0.3) is 0 Å². The van der Waals surface area contributed by atoms with Crippen molar-refractivity contribution in [1.82, 2.24) is 0 Å². The van der Waals surface area contributed by atoms with Gasteiger partial charge < -0.3 is 0 Å². The Bertz CT molecular complexity index is 74.6. The predicted octanol–water partition coefficient (Wildman–Crippen LogP) is 0.967. The standard InChI is InChI=1S/C5H8NO/c1-5(4-6)2-3-7/h5H,2-3H2,1H3. The molecule has 0 amide bonds. The summed E-state index contributed by atoms with van der Waals surface area (Å²) < 4.78 is 0. The van der Waals surface area contributed by atoms with Gasteiger partial charge in [0.25, 0.3) is 0 Å². The van der Waals surface area contributed by atoms with Crippen molar-refractivity contribution in [3.8, 4) is 6.07 Å². The Hall–Kier alpha value is -0.550. The minimum Gasteiger partial charge on any atom is -0.237 e. The van der Waals surface area contributed by atoms with E-state index in [1.807, 2.05) is 6.07 Å². The Morgan fingerprint density at radius 1 is 1.86 bits per heavy atom. The molecular formula is C5H8NO. The third-order valence-corrected chi connectivity index (χ3v) is 0.771. The van der Waals surface area contributed by atoms with Crippen LogP contribution in [0, 0.1) is 17.2 Å². The van der Waals surface area contributed by atoms with Gasteiger partial charge in [0.05, 0.1) is 12.7 Å². The highest BCUT2D eigenvalue weighted by Crippen LogP contribution is 1.95. The summed E-state index contributed by atoms with van der Waals surface area (Å²) in [6.07, 6.45) is 0.483. The van der Waals surface area contributed by atoms with E-state index in [1.54, 1.807) is 6.92 Å². The average molecular weight is 98.1 g/mol. The van der Waals surface area contributed by atoms with E-state index in [0.717, 1.165) is 0 Å². The average Bonchev–Trinajstić information content (AvgIpc) is 1.68. The minimum absolute atomic E-state index is 0.0579. The zero-order chi connectivity index (χ0) is 5.70. The first-order valence-electron chi connectivity index (χ1n) is 2.29. The van der Waals surface area contributed by atoms with Gasteiger partial charge in [-0.2, -0.15) is 5.26 Å². The van der Waals surface area contributed by atoms with Crippen LogP contribution in [0.5, 0.6) is 0 Å². The maximum absolute atomic E-state index is 9.75. The molecule has 0 saturated heterocycles. The molecule has 0 spiro atoms. The molecule has 0 bridgehead atoms. The van der Waals surface area contributed by atoms with Crippen LogP contribution < -0.4 is 0 Å². The van der Waals surface area contributed by atoms with Crippen LogP contribution in [-0.2, 0) is 5.11 Å². The molecule has 7 heavy (non-hydrogen) atoms. The second-order valence-electron chi connectivity index (χ2n) is 1.52. The molecule has 0 aliphatic carbocycles. The van der Waals surface area contributed by atoms with Gasteiger partial charge in [0.2, 0.25) is 0 Å². The van der Waals surface area contributed by atoms with Gasteiger partial charge in [0.1, 0.15) is 0 Å². The third kappa shape index (κ3) is 3.28. The fourth-order valence-electron chi connectivity index (χ4n) is 0.241. The summed E-state index contributed by atoms with van der Waals surface area (Å²) in [4.78, 5) is 0. The summed E-state index contributed by atoms with van der Waals surface area (Å²) in [5, 5.41) is 17.8.